The average molecular weight is 539 g/mol. The number of aliphatic hydroxyl groups is 1. The zero-order valence-electron chi connectivity index (χ0n) is 24.6. The Morgan fingerprint density at radius 3 is 2.13 bits per heavy atom. The summed E-state index contributed by atoms with van der Waals surface area (Å²) in [5, 5.41) is 23.0. The van der Waals surface area contributed by atoms with Gasteiger partial charge in [0.1, 0.15) is 11.7 Å². The van der Waals surface area contributed by atoms with Crippen LogP contribution in [0.25, 0.3) is 0 Å². The van der Waals surface area contributed by atoms with Gasteiger partial charge < -0.3 is 10.2 Å². The number of hydrogen-bond donors (Lipinski definition) is 2. The molecule has 3 aliphatic carbocycles. The summed E-state index contributed by atoms with van der Waals surface area (Å²) < 4.78 is 0. The third-order valence-electron chi connectivity index (χ3n) is 9.54. The second kappa shape index (κ2) is 8.92. The lowest BCUT2D eigenvalue weighted by molar-refractivity contribution is -0.205. The fourth-order valence-electron chi connectivity index (χ4n) is 8.25. The van der Waals surface area contributed by atoms with Crippen LogP contribution in [0.4, 0.5) is 0 Å². The van der Waals surface area contributed by atoms with E-state index in [4.69, 9.17) is 0 Å². The van der Waals surface area contributed by atoms with E-state index in [1.54, 1.807) is 33.8 Å². The normalized spacial score (nSPS) is 34.7. The van der Waals surface area contributed by atoms with E-state index in [1.807, 2.05) is 34.6 Å². The highest BCUT2D eigenvalue weighted by molar-refractivity contribution is 6.33. The van der Waals surface area contributed by atoms with E-state index in [0.29, 0.717) is 5.56 Å². The molecule has 7 nitrogen and oxygen atoms in total. The minimum Gasteiger partial charge on any atom is -0.507 e. The minimum atomic E-state index is -2.68. The van der Waals surface area contributed by atoms with Crippen molar-refractivity contribution < 1.29 is 34.2 Å². The molecule has 2 fully saturated rings. The lowest BCUT2D eigenvalue weighted by atomic mass is 9.39. The molecule has 0 saturated heterocycles. The van der Waals surface area contributed by atoms with E-state index in [2.05, 4.69) is 0 Å². The van der Waals surface area contributed by atoms with Gasteiger partial charge in [-0.2, -0.15) is 0 Å². The zero-order valence-corrected chi connectivity index (χ0v) is 24.6. The summed E-state index contributed by atoms with van der Waals surface area (Å²) in [7, 11) is 0. The minimum absolute atomic E-state index is 0.0509. The van der Waals surface area contributed by atoms with E-state index in [1.165, 1.54) is 6.07 Å². The Bertz CT molecular complexity index is 1300. The number of hydrogen-bond acceptors (Lipinski definition) is 7. The molecule has 0 radical (unpaired) electrons. The number of rotatable bonds is 4. The Labute approximate surface area is 230 Å². The van der Waals surface area contributed by atoms with Crippen LogP contribution in [-0.2, 0) is 25.6 Å². The molecular weight excluding hydrogens is 496 g/mol. The molecule has 7 heteroatoms. The quantitative estimate of drug-likeness (QED) is 0.535. The van der Waals surface area contributed by atoms with Crippen LogP contribution in [0.5, 0.6) is 5.75 Å². The van der Waals surface area contributed by atoms with Crippen LogP contribution in [0, 0.1) is 39.9 Å². The molecule has 4 rings (SSSR count). The predicted octanol–water partition coefficient (Wildman–Crippen LogP) is 4.63. The molecule has 212 valence electrons. The molecule has 3 unspecified atom stereocenters. The molecule has 1 aromatic carbocycles. The van der Waals surface area contributed by atoms with Crippen LogP contribution >= 0.6 is 0 Å². The maximum absolute atomic E-state index is 14.4. The number of carbonyl (C=O) groups is 5. The lowest BCUT2D eigenvalue weighted by Gasteiger charge is -2.62. The second-order valence-electron chi connectivity index (χ2n) is 14.6. The second-order valence-corrected chi connectivity index (χ2v) is 14.6. The van der Waals surface area contributed by atoms with Crippen molar-refractivity contribution in [2.75, 3.05) is 0 Å². The number of ketones is 5. The number of phenolic OH excluding ortho intramolecular Hbond substituents is 1. The van der Waals surface area contributed by atoms with Gasteiger partial charge in [0.2, 0.25) is 0 Å². The third kappa shape index (κ3) is 3.98. The first-order valence-electron chi connectivity index (χ1n) is 14.0. The standard InChI is InChI=1S/C32H42O7/c1-15(2)17-10-11-19(33)21-18(17)12-30(8)14-31(9)23(16(3)4)26(36)22(20(34)13-29(5,6)7)27(37)32(31,39)28(38)24(30)25(21)35/h10-11,15-16,22-24,33,39H,12-14H2,1-9H3/t22?,23?,24?,30-,31-,32+/m1/s1. The summed E-state index contributed by atoms with van der Waals surface area (Å²) in [6, 6.07) is 3.23. The van der Waals surface area contributed by atoms with Gasteiger partial charge in [-0.25, -0.2) is 0 Å². The maximum atomic E-state index is 14.4. The smallest absolute Gasteiger partial charge is 0.190 e. The van der Waals surface area contributed by atoms with Crippen LogP contribution < -0.4 is 0 Å². The van der Waals surface area contributed by atoms with Gasteiger partial charge in [0.15, 0.2) is 34.5 Å². The van der Waals surface area contributed by atoms with Crippen molar-refractivity contribution >= 4 is 28.9 Å². The van der Waals surface area contributed by atoms with Gasteiger partial charge in [0.25, 0.3) is 0 Å². The van der Waals surface area contributed by atoms with Crippen molar-refractivity contribution in [2.24, 2.45) is 39.9 Å². The van der Waals surface area contributed by atoms with E-state index in [-0.39, 0.29) is 42.4 Å². The molecule has 1 aromatic rings. The zero-order chi connectivity index (χ0) is 29.6. The van der Waals surface area contributed by atoms with Crippen molar-refractivity contribution in [3.8, 4) is 5.75 Å². The van der Waals surface area contributed by atoms with E-state index in [0.717, 1.165) is 5.56 Å². The molecule has 0 spiro atoms. The summed E-state index contributed by atoms with van der Waals surface area (Å²) in [5.74, 6) is -8.49. The SMILES string of the molecule is CC(C)c1ccc(O)c2c1C[C@]1(C)C[C@]3(C)C(C(C)C)C(=O)C(C(=O)CC(C)(C)C)C(=O)[C@]3(O)C(=O)C1C2=O. The van der Waals surface area contributed by atoms with Crippen LogP contribution in [-0.4, -0.2) is 44.7 Å². The third-order valence-corrected chi connectivity index (χ3v) is 9.54. The largest absolute Gasteiger partial charge is 0.507 e. The summed E-state index contributed by atoms with van der Waals surface area (Å²) >= 11 is 0. The number of carbonyl (C=O) groups excluding carboxylic acids is 5. The molecule has 2 N–H and O–H groups in total. The van der Waals surface area contributed by atoms with Crippen molar-refractivity contribution in [1.29, 1.82) is 0 Å². The first-order chi connectivity index (χ1) is 17.7. The maximum Gasteiger partial charge on any atom is 0.190 e. The van der Waals surface area contributed by atoms with Gasteiger partial charge in [-0.15, -0.1) is 0 Å². The average Bonchev–Trinajstić information content (AvgIpc) is 2.74. The Morgan fingerprint density at radius 1 is 1.03 bits per heavy atom. The summed E-state index contributed by atoms with van der Waals surface area (Å²) in [6.45, 7) is 16.4. The monoisotopic (exact) mass is 538 g/mol. The summed E-state index contributed by atoms with van der Waals surface area (Å²) in [4.78, 5) is 69.9. The van der Waals surface area contributed by atoms with Gasteiger partial charge in [0.05, 0.1) is 11.5 Å². The van der Waals surface area contributed by atoms with E-state index < -0.39 is 68.5 Å². The highest BCUT2D eigenvalue weighted by Crippen LogP contribution is 2.64. The Morgan fingerprint density at radius 2 is 1.62 bits per heavy atom. The Kier molecular flexibility index (Phi) is 6.70. The van der Waals surface area contributed by atoms with Crippen LogP contribution in [0.2, 0.25) is 0 Å². The number of aromatic hydroxyl groups is 1. The number of fused-ring (bicyclic) bond motifs is 3. The summed E-state index contributed by atoms with van der Waals surface area (Å²) in [6.07, 6.45) is 0.268. The molecule has 0 aromatic heterocycles. The number of phenols is 1. The molecule has 0 aliphatic heterocycles. The fraction of sp³-hybridized carbons (Fsp3) is 0.656. The fourth-order valence-corrected chi connectivity index (χ4v) is 8.25. The van der Waals surface area contributed by atoms with Crippen LogP contribution in [0.15, 0.2) is 12.1 Å². The highest BCUT2D eigenvalue weighted by Gasteiger charge is 2.76. The molecule has 2 saturated carbocycles. The summed E-state index contributed by atoms with van der Waals surface area (Å²) in [5.41, 5.74) is -4.10. The topological polar surface area (TPSA) is 126 Å². The molecule has 3 aliphatic rings. The van der Waals surface area contributed by atoms with Gasteiger partial charge in [0, 0.05) is 17.8 Å². The first-order valence-corrected chi connectivity index (χ1v) is 14.0. The van der Waals surface area contributed by atoms with Gasteiger partial charge in [-0.05, 0) is 52.7 Å². The van der Waals surface area contributed by atoms with Crippen molar-refractivity contribution in [3.05, 3.63) is 28.8 Å². The molecule has 6 atom stereocenters. The molecule has 0 heterocycles. The van der Waals surface area contributed by atoms with E-state index >= 15 is 0 Å². The molecule has 39 heavy (non-hydrogen) atoms. The predicted molar refractivity (Wildman–Crippen MR) is 145 cm³/mol. The molecule has 0 amide bonds. The van der Waals surface area contributed by atoms with Crippen LogP contribution in [0.1, 0.15) is 103 Å². The van der Waals surface area contributed by atoms with Crippen LogP contribution in [0.3, 0.4) is 0 Å². The molecule has 0 bridgehead atoms. The van der Waals surface area contributed by atoms with Crippen molar-refractivity contribution in [3.63, 3.8) is 0 Å². The Balaban J connectivity index is 1.95. The Hall–Kier alpha value is -2.67. The van der Waals surface area contributed by atoms with Gasteiger partial charge in [-0.1, -0.05) is 68.4 Å². The first kappa shape index (κ1) is 29.3. The van der Waals surface area contributed by atoms with Gasteiger partial charge in [-0.3, -0.25) is 24.0 Å². The lowest BCUT2D eigenvalue weighted by Crippen LogP contribution is -2.77. The van der Waals surface area contributed by atoms with E-state index in [9.17, 15) is 34.2 Å². The van der Waals surface area contributed by atoms with Gasteiger partial charge >= 0.3 is 0 Å². The number of benzene rings is 1. The highest BCUT2D eigenvalue weighted by atomic mass is 16.3. The van der Waals surface area contributed by atoms with Crippen molar-refractivity contribution in [2.45, 2.75) is 93.1 Å². The van der Waals surface area contributed by atoms with Crippen molar-refractivity contribution in [1.82, 2.24) is 0 Å². The molecular formula is C32H42O7. The number of Topliss-reactive ketones (excluding diaryl/α,β-unsaturated/α-hetero) is 5.